The van der Waals surface area contributed by atoms with Gasteiger partial charge < -0.3 is 19.6 Å². The van der Waals surface area contributed by atoms with Crippen LogP contribution in [-0.2, 0) is 6.61 Å². The van der Waals surface area contributed by atoms with Gasteiger partial charge in [0.15, 0.2) is 0 Å². The molecule has 2 aliphatic rings. The molecule has 0 radical (unpaired) electrons. The molecule has 1 atom stereocenters. The van der Waals surface area contributed by atoms with Gasteiger partial charge in [-0.25, -0.2) is 0 Å². The molecule has 0 amide bonds. The molecule has 4 nitrogen and oxygen atoms in total. The molecule has 2 aromatic rings. The Kier molecular flexibility index (Phi) is 12.1. The lowest BCUT2D eigenvalue weighted by Gasteiger charge is -2.43. The van der Waals surface area contributed by atoms with E-state index in [9.17, 15) is 5.11 Å². The van der Waals surface area contributed by atoms with E-state index < -0.39 is 5.60 Å². The monoisotopic (exact) mass is 542 g/mol. The second-order valence-corrected chi connectivity index (χ2v) is 10.6. The van der Waals surface area contributed by atoms with Crippen molar-refractivity contribution in [2.45, 2.75) is 69.1 Å². The molecular weight excluding hydrogens is 503 g/mol. The third-order valence-corrected chi connectivity index (χ3v) is 7.99. The van der Waals surface area contributed by atoms with Crippen LogP contribution < -0.4 is 4.74 Å². The maximum absolute atomic E-state index is 11.8. The van der Waals surface area contributed by atoms with Crippen molar-refractivity contribution >= 4 is 36.4 Å². The second-order valence-electron chi connectivity index (χ2n) is 10.2. The summed E-state index contributed by atoms with van der Waals surface area (Å²) < 4.78 is 6.00. The molecule has 1 unspecified atom stereocenters. The number of halogens is 3. The van der Waals surface area contributed by atoms with Crippen LogP contribution in [0.25, 0.3) is 0 Å². The Labute approximate surface area is 228 Å². The summed E-state index contributed by atoms with van der Waals surface area (Å²) in [5.41, 5.74) is 1.59. The minimum atomic E-state index is -0.660. The van der Waals surface area contributed by atoms with Crippen molar-refractivity contribution in [1.82, 2.24) is 9.80 Å². The van der Waals surface area contributed by atoms with Crippen molar-refractivity contribution in [3.05, 3.63) is 64.7 Å². The molecule has 4 rings (SSSR count). The topological polar surface area (TPSA) is 35.9 Å². The highest BCUT2D eigenvalue weighted by Gasteiger charge is 2.40. The normalized spacial score (nSPS) is 19.5. The minimum Gasteiger partial charge on any atom is -0.487 e. The number of likely N-dealkylation sites (tertiary alicyclic amines) is 1. The molecule has 7 heteroatoms. The SMILES string of the molecule is CN(C)C1CCN(CC(c2ccc(OCc3ccccc3)c(Cl)c2)C2(O)CCCCC2)CC1.Cl.Cl. The highest BCUT2D eigenvalue weighted by Crippen LogP contribution is 2.42. The van der Waals surface area contributed by atoms with E-state index in [2.05, 4.69) is 42.1 Å². The molecule has 1 saturated heterocycles. The predicted octanol–water partition coefficient (Wildman–Crippen LogP) is 6.57. The summed E-state index contributed by atoms with van der Waals surface area (Å²) in [5, 5.41) is 12.4. The van der Waals surface area contributed by atoms with Gasteiger partial charge in [-0.2, -0.15) is 0 Å². The van der Waals surface area contributed by atoms with E-state index in [4.69, 9.17) is 16.3 Å². The first-order valence-corrected chi connectivity index (χ1v) is 12.9. The van der Waals surface area contributed by atoms with Crippen molar-refractivity contribution in [2.24, 2.45) is 0 Å². The second kappa shape index (κ2) is 14.1. The Morgan fingerprint density at radius 1 is 1.03 bits per heavy atom. The Balaban J connectivity index is 0.00000216. The maximum Gasteiger partial charge on any atom is 0.138 e. The fourth-order valence-corrected chi connectivity index (χ4v) is 5.80. The summed E-state index contributed by atoms with van der Waals surface area (Å²) >= 11 is 6.69. The zero-order chi connectivity index (χ0) is 23.3. The summed E-state index contributed by atoms with van der Waals surface area (Å²) in [5.74, 6) is 0.764. The van der Waals surface area contributed by atoms with E-state index in [0.717, 1.165) is 56.4 Å². The summed E-state index contributed by atoms with van der Waals surface area (Å²) in [6.45, 7) is 3.55. The molecule has 1 aliphatic carbocycles. The molecule has 2 aromatic carbocycles. The van der Waals surface area contributed by atoms with Gasteiger partial charge in [-0.15, -0.1) is 24.8 Å². The highest BCUT2D eigenvalue weighted by molar-refractivity contribution is 6.32. The van der Waals surface area contributed by atoms with Gasteiger partial charge in [-0.05, 0) is 76.1 Å². The van der Waals surface area contributed by atoms with Crippen LogP contribution in [-0.4, -0.2) is 60.3 Å². The molecule has 1 N–H and O–H groups in total. The third-order valence-electron chi connectivity index (χ3n) is 7.69. The quantitative estimate of drug-likeness (QED) is 0.409. The van der Waals surface area contributed by atoms with Gasteiger partial charge in [0.05, 0.1) is 10.6 Å². The highest BCUT2D eigenvalue weighted by atomic mass is 35.5. The van der Waals surface area contributed by atoms with E-state index >= 15 is 0 Å². The van der Waals surface area contributed by atoms with Crippen molar-refractivity contribution in [3.63, 3.8) is 0 Å². The Morgan fingerprint density at radius 2 is 1.69 bits per heavy atom. The van der Waals surface area contributed by atoms with Gasteiger partial charge in [-0.3, -0.25) is 0 Å². The first kappa shape index (κ1) is 30.2. The van der Waals surface area contributed by atoms with Gasteiger partial charge in [0, 0.05) is 18.5 Å². The number of aliphatic hydroxyl groups is 1. The molecule has 1 saturated carbocycles. The number of rotatable bonds is 8. The molecule has 1 heterocycles. The zero-order valence-corrected chi connectivity index (χ0v) is 23.4. The molecule has 0 spiro atoms. The van der Waals surface area contributed by atoms with Gasteiger partial charge in [0.2, 0.25) is 0 Å². The fraction of sp³-hybridized carbons (Fsp3) is 0.571. The Morgan fingerprint density at radius 3 is 2.29 bits per heavy atom. The van der Waals surface area contributed by atoms with Crippen LogP contribution in [0, 0.1) is 0 Å². The molecule has 1 aliphatic heterocycles. The third kappa shape index (κ3) is 7.99. The van der Waals surface area contributed by atoms with Crippen LogP contribution in [0.2, 0.25) is 5.02 Å². The van der Waals surface area contributed by atoms with E-state index in [1.165, 1.54) is 19.3 Å². The summed E-state index contributed by atoms with van der Waals surface area (Å²) in [6.07, 6.45) is 7.53. The minimum absolute atomic E-state index is 0. The number of nitrogens with zero attached hydrogens (tertiary/aromatic N) is 2. The molecule has 2 fully saturated rings. The molecule has 35 heavy (non-hydrogen) atoms. The van der Waals surface area contributed by atoms with Crippen molar-refractivity contribution in [2.75, 3.05) is 33.7 Å². The molecule has 0 bridgehead atoms. The lowest BCUT2D eigenvalue weighted by molar-refractivity contribution is -0.0335. The van der Waals surface area contributed by atoms with Gasteiger partial charge in [0.1, 0.15) is 12.4 Å². The Bertz CT molecular complexity index is 883. The van der Waals surface area contributed by atoms with Crippen molar-refractivity contribution in [3.8, 4) is 5.75 Å². The Hall–Kier alpha value is -1.01. The van der Waals surface area contributed by atoms with E-state index in [1.807, 2.05) is 30.3 Å². The fourth-order valence-electron chi connectivity index (χ4n) is 5.56. The van der Waals surface area contributed by atoms with Crippen molar-refractivity contribution < 1.29 is 9.84 Å². The smallest absolute Gasteiger partial charge is 0.138 e. The van der Waals surface area contributed by atoms with Crippen LogP contribution in [0.15, 0.2) is 48.5 Å². The number of hydrogen-bond donors (Lipinski definition) is 1. The van der Waals surface area contributed by atoms with E-state index in [1.54, 1.807) is 0 Å². The largest absolute Gasteiger partial charge is 0.487 e. The number of ether oxygens (including phenoxy) is 1. The summed E-state index contributed by atoms with van der Waals surface area (Å²) in [6, 6.07) is 16.9. The van der Waals surface area contributed by atoms with Crippen LogP contribution >= 0.6 is 36.4 Å². The number of piperidine rings is 1. The number of benzene rings is 2. The van der Waals surface area contributed by atoms with E-state index in [0.29, 0.717) is 23.4 Å². The van der Waals surface area contributed by atoms with Crippen LogP contribution in [0.5, 0.6) is 5.75 Å². The molecular formula is C28H41Cl3N2O2. The average molecular weight is 544 g/mol. The summed E-state index contributed by atoms with van der Waals surface area (Å²) in [7, 11) is 4.36. The standard InChI is InChI=1S/C28H39ClN2O2.2ClH/c1-30(2)24-13-17-31(18-14-24)20-25(28(32)15-7-4-8-16-28)23-11-12-27(26(29)19-23)33-21-22-9-5-3-6-10-22;;/h3,5-6,9-12,19,24-25,32H,4,7-8,13-18,20-21H2,1-2H3;2*1H. The van der Waals surface area contributed by atoms with Crippen LogP contribution in [0.1, 0.15) is 62.0 Å². The maximum atomic E-state index is 11.8. The lowest BCUT2D eigenvalue weighted by Crippen LogP contribution is -2.48. The summed E-state index contributed by atoms with van der Waals surface area (Å²) in [4.78, 5) is 4.89. The van der Waals surface area contributed by atoms with Gasteiger partial charge in [-0.1, -0.05) is 67.3 Å². The molecule has 0 aromatic heterocycles. The lowest BCUT2D eigenvalue weighted by atomic mass is 9.72. The number of hydrogen-bond acceptors (Lipinski definition) is 4. The van der Waals surface area contributed by atoms with Crippen LogP contribution in [0.3, 0.4) is 0 Å². The average Bonchev–Trinajstić information content (AvgIpc) is 2.83. The first-order valence-electron chi connectivity index (χ1n) is 12.5. The van der Waals surface area contributed by atoms with Gasteiger partial charge in [0.25, 0.3) is 0 Å². The predicted molar refractivity (Wildman–Crippen MR) is 151 cm³/mol. The first-order chi connectivity index (χ1) is 15.9. The van der Waals surface area contributed by atoms with Gasteiger partial charge >= 0.3 is 0 Å². The van der Waals surface area contributed by atoms with E-state index in [-0.39, 0.29) is 30.7 Å². The molecule has 196 valence electrons. The van der Waals surface area contributed by atoms with Crippen molar-refractivity contribution in [1.29, 1.82) is 0 Å². The zero-order valence-electron chi connectivity index (χ0n) is 21.0. The van der Waals surface area contributed by atoms with Crippen LogP contribution in [0.4, 0.5) is 0 Å².